The van der Waals surface area contributed by atoms with Crippen LogP contribution < -0.4 is 0 Å². The van der Waals surface area contributed by atoms with Gasteiger partial charge < -0.3 is 0 Å². The fourth-order valence-corrected chi connectivity index (χ4v) is 8.37. The van der Waals surface area contributed by atoms with Gasteiger partial charge in [-0.2, -0.15) is 0 Å². The minimum atomic E-state index is 1.36. The number of fused-ring (bicyclic) bond motifs is 4. The molecular formula is C52H52. The predicted molar refractivity (Wildman–Crippen MR) is 232 cm³/mol. The van der Waals surface area contributed by atoms with E-state index in [1.807, 2.05) is 0 Å². The van der Waals surface area contributed by atoms with Gasteiger partial charge in [0.2, 0.25) is 0 Å². The second-order valence-corrected chi connectivity index (χ2v) is 15.6. The number of rotatable bonds is 0. The van der Waals surface area contributed by atoms with Gasteiger partial charge in [-0.3, -0.25) is 0 Å². The van der Waals surface area contributed by atoms with Gasteiger partial charge in [0.1, 0.15) is 0 Å². The van der Waals surface area contributed by atoms with Crippen molar-refractivity contribution < 1.29 is 0 Å². The van der Waals surface area contributed by atoms with E-state index in [-0.39, 0.29) is 0 Å². The molecule has 0 bridgehead atoms. The van der Waals surface area contributed by atoms with Crippen LogP contribution in [0.15, 0.2) is 97.1 Å². The summed E-state index contributed by atoms with van der Waals surface area (Å²) in [4.78, 5) is 0. The molecule has 0 fully saturated rings. The Bertz CT molecular complexity index is 2510. The topological polar surface area (TPSA) is 0 Å². The molecule has 0 aliphatic rings. The van der Waals surface area contributed by atoms with Gasteiger partial charge >= 0.3 is 0 Å². The largest absolute Gasteiger partial charge is 0.0584 e. The normalized spacial score (nSPS) is 11.5. The van der Waals surface area contributed by atoms with Gasteiger partial charge in [0.05, 0.1) is 0 Å². The fourth-order valence-electron chi connectivity index (χ4n) is 8.37. The monoisotopic (exact) mass is 676 g/mol. The van der Waals surface area contributed by atoms with E-state index in [9.17, 15) is 0 Å². The van der Waals surface area contributed by atoms with Gasteiger partial charge in [0.15, 0.2) is 0 Å². The molecule has 9 rings (SSSR count). The van der Waals surface area contributed by atoms with Crippen molar-refractivity contribution in [2.45, 2.75) is 83.1 Å². The fraction of sp³-hybridized carbons (Fsp3) is 0.231. The van der Waals surface area contributed by atoms with Crippen molar-refractivity contribution in [3.8, 4) is 0 Å². The minimum absolute atomic E-state index is 1.36. The zero-order valence-electron chi connectivity index (χ0n) is 33.2. The Kier molecular flexibility index (Phi) is 9.08. The first-order valence-corrected chi connectivity index (χ1v) is 18.8. The summed E-state index contributed by atoms with van der Waals surface area (Å²) in [6.45, 7) is 26.3. The molecule has 0 saturated carbocycles. The first-order chi connectivity index (χ1) is 24.8. The van der Waals surface area contributed by atoms with E-state index in [0.717, 1.165) is 0 Å². The summed E-state index contributed by atoms with van der Waals surface area (Å²) in [7, 11) is 0. The van der Waals surface area contributed by atoms with Crippen molar-refractivity contribution in [2.24, 2.45) is 0 Å². The van der Waals surface area contributed by atoms with Crippen LogP contribution in [0.5, 0.6) is 0 Å². The van der Waals surface area contributed by atoms with Crippen LogP contribution >= 0.6 is 0 Å². The first-order valence-electron chi connectivity index (χ1n) is 18.8. The molecule has 9 aromatic carbocycles. The summed E-state index contributed by atoms with van der Waals surface area (Å²) < 4.78 is 0. The Morgan fingerprint density at radius 3 is 0.712 bits per heavy atom. The second kappa shape index (κ2) is 13.4. The lowest BCUT2D eigenvalue weighted by Gasteiger charge is -2.18. The Balaban J connectivity index is 0.000000130. The van der Waals surface area contributed by atoms with Crippen molar-refractivity contribution in [2.75, 3.05) is 0 Å². The lowest BCUT2D eigenvalue weighted by Crippen LogP contribution is -1.92. The van der Waals surface area contributed by atoms with E-state index in [0.29, 0.717) is 0 Å². The van der Waals surface area contributed by atoms with Crippen LogP contribution in [0.25, 0.3) is 64.6 Å². The number of hydrogen-bond donors (Lipinski definition) is 0. The van der Waals surface area contributed by atoms with Crippen LogP contribution in [0.4, 0.5) is 0 Å². The Morgan fingerprint density at radius 2 is 0.442 bits per heavy atom. The second-order valence-electron chi connectivity index (χ2n) is 15.6. The highest BCUT2D eigenvalue weighted by Gasteiger charge is 2.16. The van der Waals surface area contributed by atoms with Gasteiger partial charge in [-0.25, -0.2) is 0 Å². The molecule has 0 atom stereocenters. The maximum Gasteiger partial charge on any atom is -0.00210 e. The molecule has 0 unspecified atom stereocenters. The van der Waals surface area contributed by atoms with Gasteiger partial charge in [0, 0.05) is 0 Å². The third-order valence-corrected chi connectivity index (χ3v) is 12.1. The number of benzene rings is 9. The Labute approximate surface area is 310 Å². The van der Waals surface area contributed by atoms with Crippen molar-refractivity contribution in [1.82, 2.24) is 0 Å². The summed E-state index contributed by atoms with van der Waals surface area (Å²) >= 11 is 0. The van der Waals surface area contributed by atoms with E-state index >= 15 is 0 Å². The quantitative estimate of drug-likeness (QED) is 0.111. The van der Waals surface area contributed by atoms with E-state index < -0.39 is 0 Å². The van der Waals surface area contributed by atoms with Crippen LogP contribution in [-0.2, 0) is 0 Å². The SMILES string of the molecule is Cc1cc2cc(C)c(C)cc2cc1C.Cc1ccc2c(C)c(C)ccc2c1C.Cc1ccc2c3ccc(C)c4c(C)ccc(c5ccc(C)c1c25)c43. The number of aryl methyl sites for hydroxylation is 12. The predicted octanol–water partition coefficient (Wildman–Crippen LogP) is 15.1. The molecule has 0 aliphatic carbocycles. The molecule has 52 heavy (non-hydrogen) atoms. The smallest absolute Gasteiger partial charge is 0.00210 e. The maximum atomic E-state index is 2.32. The lowest BCUT2D eigenvalue weighted by molar-refractivity contribution is 1.34. The van der Waals surface area contributed by atoms with E-state index in [1.165, 1.54) is 131 Å². The number of hydrogen-bond acceptors (Lipinski definition) is 0. The summed E-state index contributed by atoms with van der Waals surface area (Å²) in [5.74, 6) is 0. The van der Waals surface area contributed by atoms with E-state index in [4.69, 9.17) is 0 Å². The molecule has 0 nitrogen and oxygen atoms in total. The van der Waals surface area contributed by atoms with Gasteiger partial charge in [0.25, 0.3) is 0 Å². The first kappa shape index (κ1) is 35.2. The summed E-state index contributed by atoms with van der Waals surface area (Å²) in [6, 6.07) is 36.4. The molecule has 0 N–H and O–H groups in total. The molecule has 0 spiro atoms. The minimum Gasteiger partial charge on any atom is -0.0584 e. The average Bonchev–Trinajstić information content (AvgIpc) is 3.11. The summed E-state index contributed by atoms with van der Waals surface area (Å²) in [6.07, 6.45) is 0. The third-order valence-electron chi connectivity index (χ3n) is 12.1. The molecule has 9 aromatic rings. The molecule has 0 aliphatic heterocycles. The Hall–Kier alpha value is -5.20. The summed E-state index contributed by atoms with van der Waals surface area (Å²) in [5, 5.41) is 16.8. The third kappa shape index (κ3) is 5.89. The average molecular weight is 677 g/mol. The van der Waals surface area contributed by atoms with E-state index in [1.54, 1.807) is 0 Å². The summed E-state index contributed by atoms with van der Waals surface area (Å²) in [5.41, 5.74) is 16.5. The zero-order chi connectivity index (χ0) is 37.2. The highest BCUT2D eigenvalue weighted by atomic mass is 14.2. The van der Waals surface area contributed by atoms with Crippen LogP contribution in [-0.4, -0.2) is 0 Å². The zero-order valence-corrected chi connectivity index (χ0v) is 33.2. The van der Waals surface area contributed by atoms with Crippen LogP contribution in [0.1, 0.15) is 66.8 Å². The lowest BCUT2D eigenvalue weighted by atomic mass is 9.85. The van der Waals surface area contributed by atoms with Crippen molar-refractivity contribution in [1.29, 1.82) is 0 Å². The van der Waals surface area contributed by atoms with Gasteiger partial charge in [-0.05, 0) is 214 Å². The van der Waals surface area contributed by atoms with Crippen LogP contribution in [0.3, 0.4) is 0 Å². The van der Waals surface area contributed by atoms with Gasteiger partial charge in [-0.15, -0.1) is 0 Å². The van der Waals surface area contributed by atoms with Crippen LogP contribution in [0.2, 0.25) is 0 Å². The molecule has 0 heteroatoms. The highest BCUT2D eigenvalue weighted by molar-refractivity contribution is 6.34. The molecule has 260 valence electrons. The standard InChI is InChI=1S/C24H20.2C14H16/c1-13-5-9-17-19-11-7-15(3)22-16(4)8-12-20(24(19)22)18-10-6-14(2)21(13)23(17)18;1-9-5-13-7-11(3)12(4)8-14(13)6-10(9)2;1-9-5-7-14-12(4)10(2)6-8-13(14)11(9)3/h5-12H,1-4H3;2*5-8H,1-4H3. The molecule has 0 saturated heterocycles. The molecular weight excluding hydrogens is 625 g/mol. The molecule has 0 aromatic heterocycles. The van der Waals surface area contributed by atoms with Crippen molar-refractivity contribution >= 4 is 64.6 Å². The maximum absolute atomic E-state index is 2.32. The highest BCUT2D eigenvalue weighted by Crippen LogP contribution is 2.43. The molecule has 0 amide bonds. The molecule has 0 heterocycles. The van der Waals surface area contributed by atoms with E-state index in [2.05, 4.69) is 180 Å². The molecule has 0 radical (unpaired) electrons. The van der Waals surface area contributed by atoms with Gasteiger partial charge in [-0.1, -0.05) is 97.1 Å². The Morgan fingerprint density at radius 1 is 0.212 bits per heavy atom. The van der Waals surface area contributed by atoms with Crippen LogP contribution in [0, 0.1) is 83.1 Å². The van der Waals surface area contributed by atoms with Crippen molar-refractivity contribution in [3.05, 3.63) is 164 Å². The van der Waals surface area contributed by atoms with Crippen molar-refractivity contribution in [3.63, 3.8) is 0 Å².